The minimum atomic E-state index is 0.754. The van der Waals surface area contributed by atoms with Crippen LogP contribution in [0.25, 0.3) is 0 Å². The van der Waals surface area contributed by atoms with Gasteiger partial charge < -0.3 is 5.32 Å². The van der Waals surface area contributed by atoms with Crippen molar-refractivity contribution in [1.82, 2.24) is 0 Å². The van der Waals surface area contributed by atoms with Crippen LogP contribution in [0.15, 0.2) is 48.5 Å². The average Bonchev–Trinajstić information content (AvgIpc) is 2.30. The lowest BCUT2D eigenvalue weighted by Gasteiger charge is -2.10. The largest absolute Gasteiger partial charge is 0.381 e. The minimum Gasteiger partial charge on any atom is -0.381 e. The van der Waals surface area contributed by atoms with E-state index in [9.17, 15) is 0 Å². The topological polar surface area (TPSA) is 12.0 Å². The molecule has 0 aliphatic heterocycles. The van der Waals surface area contributed by atoms with Crippen LogP contribution in [0.3, 0.4) is 0 Å². The van der Waals surface area contributed by atoms with E-state index in [1.165, 1.54) is 5.56 Å². The van der Waals surface area contributed by atoms with E-state index >= 15 is 0 Å². The molecular formula is C14H14ClN. The Kier molecular flexibility index (Phi) is 3.47. The maximum Gasteiger partial charge on any atom is 0.0455 e. The standard InChI is InChI=1S/C14H14ClN/c1-11-6-2-5-9-14(11)16-10-12-7-3-4-8-13(12)15/h2-9,16H,10H2,1H3. The van der Waals surface area contributed by atoms with Gasteiger partial charge in [0.15, 0.2) is 0 Å². The second kappa shape index (κ2) is 5.04. The van der Waals surface area contributed by atoms with Crippen LogP contribution in [0.5, 0.6) is 0 Å². The Hall–Kier alpha value is -1.47. The van der Waals surface area contributed by atoms with E-state index in [1.54, 1.807) is 0 Å². The Balaban J connectivity index is 2.09. The van der Waals surface area contributed by atoms with Crippen molar-refractivity contribution in [3.05, 3.63) is 64.7 Å². The summed E-state index contributed by atoms with van der Waals surface area (Å²) in [5, 5.41) is 4.19. The van der Waals surface area contributed by atoms with Crippen molar-refractivity contribution in [2.45, 2.75) is 13.5 Å². The van der Waals surface area contributed by atoms with E-state index in [1.807, 2.05) is 36.4 Å². The Bertz CT molecular complexity index is 434. The van der Waals surface area contributed by atoms with Crippen LogP contribution in [-0.2, 0) is 6.54 Å². The molecule has 0 aromatic heterocycles. The molecule has 1 nitrogen and oxygen atoms in total. The number of anilines is 1. The number of rotatable bonds is 3. The number of nitrogens with one attached hydrogen (secondary N) is 1. The van der Waals surface area contributed by atoms with Gasteiger partial charge in [-0.3, -0.25) is 0 Å². The average molecular weight is 232 g/mol. The molecule has 0 aliphatic rings. The molecule has 2 rings (SSSR count). The maximum atomic E-state index is 6.09. The molecular weight excluding hydrogens is 218 g/mol. The molecule has 0 spiro atoms. The highest BCUT2D eigenvalue weighted by Crippen LogP contribution is 2.18. The molecule has 0 atom stereocenters. The first kappa shape index (κ1) is 11.0. The second-order valence-corrected chi connectivity index (χ2v) is 4.17. The van der Waals surface area contributed by atoms with Crippen molar-refractivity contribution in [3.8, 4) is 0 Å². The first-order valence-corrected chi connectivity index (χ1v) is 5.68. The number of hydrogen-bond acceptors (Lipinski definition) is 1. The molecule has 1 N–H and O–H groups in total. The Labute approximate surface area is 101 Å². The van der Waals surface area contributed by atoms with Gasteiger partial charge in [0.1, 0.15) is 0 Å². The quantitative estimate of drug-likeness (QED) is 0.832. The molecule has 2 aromatic carbocycles. The van der Waals surface area contributed by atoms with Crippen LogP contribution >= 0.6 is 11.6 Å². The third kappa shape index (κ3) is 2.56. The van der Waals surface area contributed by atoms with Gasteiger partial charge in [-0.05, 0) is 30.2 Å². The Morgan fingerprint density at radius 3 is 2.44 bits per heavy atom. The zero-order valence-corrected chi connectivity index (χ0v) is 9.96. The Morgan fingerprint density at radius 1 is 1.00 bits per heavy atom. The van der Waals surface area contributed by atoms with E-state index in [2.05, 4.69) is 24.4 Å². The van der Waals surface area contributed by atoms with Crippen LogP contribution < -0.4 is 5.32 Å². The van der Waals surface area contributed by atoms with Crippen molar-refractivity contribution in [2.24, 2.45) is 0 Å². The van der Waals surface area contributed by atoms with Crippen molar-refractivity contribution in [1.29, 1.82) is 0 Å². The Morgan fingerprint density at radius 2 is 1.69 bits per heavy atom. The molecule has 0 unspecified atom stereocenters. The highest BCUT2D eigenvalue weighted by atomic mass is 35.5. The molecule has 0 amide bonds. The first-order valence-electron chi connectivity index (χ1n) is 5.30. The summed E-state index contributed by atoms with van der Waals surface area (Å²) in [7, 11) is 0. The highest BCUT2D eigenvalue weighted by molar-refractivity contribution is 6.31. The summed E-state index contributed by atoms with van der Waals surface area (Å²) < 4.78 is 0. The lowest BCUT2D eigenvalue weighted by atomic mass is 10.2. The molecule has 0 fully saturated rings. The zero-order chi connectivity index (χ0) is 11.4. The number of hydrogen-bond donors (Lipinski definition) is 1. The van der Waals surface area contributed by atoms with E-state index in [-0.39, 0.29) is 0 Å². The fourth-order valence-corrected chi connectivity index (χ4v) is 1.81. The lowest BCUT2D eigenvalue weighted by molar-refractivity contribution is 1.14. The monoisotopic (exact) mass is 231 g/mol. The summed E-state index contributed by atoms with van der Waals surface area (Å²) in [6.45, 7) is 2.85. The van der Waals surface area contributed by atoms with Crippen LogP contribution in [-0.4, -0.2) is 0 Å². The van der Waals surface area contributed by atoms with Crippen LogP contribution in [0.2, 0.25) is 5.02 Å². The van der Waals surface area contributed by atoms with Crippen molar-refractivity contribution in [3.63, 3.8) is 0 Å². The van der Waals surface area contributed by atoms with E-state index in [0.717, 1.165) is 22.8 Å². The van der Waals surface area contributed by atoms with Gasteiger partial charge in [0.05, 0.1) is 0 Å². The first-order chi connectivity index (χ1) is 7.77. The minimum absolute atomic E-state index is 0.754. The summed E-state index contributed by atoms with van der Waals surface area (Å²) in [5.41, 5.74) is 3.52. The number of para-hydroxylation sites is 1. The molecule has 82 valence electrons. The van der Waals surface area contributed by atoms with Crippen LogP contribution in [0.4, 0.5) is 5.69 Å². The molecule has 2 aromatic rings. The molecule has 0 aliphatic carbocycles. The van der Waals surface area contributed by atoms with E-state index in [0.29, 0.717) is 0 Å². The van der Waals surface area contributed by atoms with Crippen LogP contribution in [0, 0.1) is 6.92 Å². The highest BCUT2D eigenvalue weighted by Gasteiger charge is 1.99. The smallest absolute Gasteiger partial charge is 0.0455 e. The van der Waals surface area contributed by atoms with Gasteiger partial charge in [0.2, 0.25) is 0 Å². The number of benzene rings is 2. The van der Waals surface area contributed by atoms with Crippen molar-refractivity contribution >= 4 is 17.3 Å². The molecule has 0 saturated carbocycles. The lowest BCUT2D eigenvalue weighted by Crippen LogP contribution is -2.01. The van der Waals surface area contributed by atoms with E-state index < -0.39 is 0 Å². The van der Waals surface area contributed by atoms with Gasteiger partial charge in [-0.15, -0.1) is 0 Å². The fourth-order valence-electron chi connectivity index (χ4n) is 1.60. The zero-order valence-electron chi connectivity index (χ0n) is 9.20. The molecule has 0 heterocycles. The number of aryl methyl sites for hydroxylation is 1. The SMILES string of the molecule is Cc1ccccc1NCc1ccccc1Cl. The predicted molar refractivity (Wildman–Crippen MR) is 70.0 cm³/mol. The van der Waals surface area contributed by atoms with Crippen molar-refractivity contribution in [2.75, 3.05) is 5.32 Å². The van der Waals surface area contributed by atoms with Crippen molar-refractivity contribution < 1.29 is 0 Å². The van der Waals surface area contributed by atoms with Gasteiger partial charge in [-0.1, -0.05) is 48.0 Å². The normalized spacial score (nSPS) is 10.1. The molecule has 0 saturated heterocycles. The summed E-state index contributed by atoms with van der Waals surface area (Å²) in [6.07, 6.45) is 0. The van der Waals surface area contributed by atoms with Gasteiger partial charge in [-0.2, -0.15) is 0 Å². The van der Waals surface area contributed by atoms with Gasteiger partial charge in [0, 0.05) is 17.3 Å². The van der Waals surface area contributed by atoms with Gasteiger partial charge in [-0.25, -0.2) is 0 Å². The third-order valence-electron chi connectivity index (χ3n) is 2.57. The second-order valence-electron chi connectivity index (χ2n) is 3.76. The maximum absolute atomic E-state index is 6.09. The van der Waals surface area contributed by atoms with E-state index in [4.69, 9.17) is 11.6 Å². The molecule has 0 bridgehead atoms. The van der Waals surface area contributed by atoms with Gasteiger partial charge >= 0.3 is 0 Å². The summed E-state index contributed by atoms with van der Waals surface area (Å²) in [6, 6.07) is 16.1. The molecule has 2 heteroatoms. The predicted octanol–water partition coefficient (Wildman–Crippen LogP) is 4.26. The summed E-state index contributed by atoms with van der Waals surface area (Å²) in [5.74, 6) is 0. The van der Waals surface area contributed by atoms with Crippen LogP contribution in [0.1, 0.15) is 11.1 Å². The molecule has 0 radical (unpaired) electrons. The third-order valence-corrected chi connectivity index (χ3v) is 2.94. The number of halogens is 1. The summed E-state index contributed by atoms with van der Waals surface area (Å²) in [4.78, 5) is 0. The van der Waals surface area contributed by atoms with Gasteiger partial charge in [0.25, 0.3) is 0 Å². The fraction of sp³-hybridized carbons (Fsp3) is 0.143. The molecule has 16 heavy (non-hydrogen) atoms. The summed E-state index contributed by atoms with van der Waals surface area (Å²) >= 11 is 6.09.